The molecule has 7 heteroatoms. The van der Waals surface area contributed by atoms with Gasteiger partial charge in [-0.1, -0.05) is 6.92 Å². The third kappa shape index (κ3) is 5.22. The third-order valence-corrected chi connectivity index (χ3v) is 3.75. The lowest BCUT2D eigenvalue weighted by molar-refractivity contribution is -0.137. The van der Waals surface area contributed by atoms with Crippen LogP contribution in [0.1, 0.15) is 32.8 Å². The number of amides is 1. The van der Waals surface area contributed by atoms with E-state index in [0.717, 1.165) is 18.6 Å². The molecule has 1 aromatic rings. The van der Waals surface area contributed by atoms with Gasteiger partial charge >= 0.3 is 6.18 Å². The van der Waals surface area contributed by atoms with Crippen LogP contribution in [0, 0.1) is 0 Å². The SMILES string of the molecule is CCC(C)NC(=O)C(C)Nc1cc(C(F)(F)F)ccc1Br. The molecular formula is C14H18BrF3N2O. The Labute approximate surface area is 130 Å². The van der Waals surface area contributed by atoms with Crippen LogP contribution in [0.5, 0.6) is 0 Å². The lowest BCUT2D eigenvalue weighted by Gasteiger charge is -2.20. The minimum atomic E-state index is -4.42. The number of carbonyl (C=O) groups excluding carboxylic acids is 1. The van der Waals surface area contributed by atoms with E-state index in [-0.39, 0.29) is 17.6 Å². The summed E-state index contributed by atoms with van der Waals surface area (Å²) in [6.45, 7) is 5.40. The number of alkyl halides is 3. The van der Waals surface area contributed by atoms with E-state index in [1.165, 1.54) is 6.07 Å². The molecule has 0 aliphatic rings. The summed E-state index contributed by atoms with van der Waals surface area (Å²) in [5.41, 5.74) is -0.528. The molecule has 0 bridgehead atoms. The summed E-state index contributed by atoms with van der Waals surface area (Å²) in [6.07, 6.45) is -3.63. The second-order valence-electron chi connectivity index (χ2n) is 4.88. The standard InChI is InChI=1S/C14H18BrF3N2O/c1-4-8(2)19-13(21)9(3)20-12-7-10(14(16,17)18)5-6-11(12)15/h5-9,20H,4H2,1-3H3,(H,19,21). The topological polar surface area (TPSA) is 41.1 Å². The van der Waals surface area contributed by atoms with Crippen molar-refractivity contribution < 1.29 is 18.0 Å². The van der Waals surface area contributed by atoms with Crippen molar-refractivity contribution in [1.82, 2.24) is 5.32 Å². The maximum Gasteiger partial charge on any atom is 0.416 e. The van der Waals surface area contributed by atoms with E-state index in [1.54, 1.807) is 6.92 Å². The summed E-state index contributed by atoms with van der Waals surface area (Å²) >= 11 is 3.18. The van der Waals surface area contributed by atoms with Gasteiger partial charge in [0.1, 0.15) is 6.04 Å². The van der Waals surface area contributed by atoms with E-state index in [1.807, 2.05) is 13.8 Å². The highest BCUT2D eigenvalue weighted by Crippen LogP contribution is 2.34. The van der Waals surface area contributed by atoms with Gasteiger partial charge in [0.2, 0.25) is 5.91 Å². The molecule has 0 radical (unpaired) electrons. The van der Waals surface area contributed by atoms with Gasteiger partial charge in [-0.2, -0.15) is 13.2 Å². The highest BCUT2D eigenvalue weighted by atomic mass is 79.9. The van der Waals surface area contributed by atoms with Crippen LogP contribution in [0.4, 0.5) is 18.9 Å². The molecule has 2 atom stereocenters. The monoisotopic (exact) mass is 366 g/mol. The fraction of sp³-hybridized carbons (Fsp3) is 0.500. The Balaban J connectivity index is 2.84. The predicted octanol–water partition coefficient (Wildman–Crippen LogP) is 4.18. The van der Waals surface area contributed by atoms with Crippen LogP contribution in [0.3, 0.4) is 0 Å². The first-order chi connectivity index (χ1) is 9.65. The molecule has 118 valence electrons. The first-order valence-electron chi connectivity index (χ1n) is 6.58. The van der Waals surface area contributed by atoms with Crippen LogP contribution in [0.15, 0.2) is 22.7 Å². The summed E-state index contributed by atoms with van der Waals surface area (Å²) in [6, 6.07) is 2.66. The molecule has 0 fully saturated rings. The summed E-state index contributed by atoms with van der Waals surface area (Å²) in [5, 5.41) is 5.57. The van der Waals surface area contributed by atoms with Gasteiger partial charge in [-0.05, 0) is 54.4 Å². The Kier molecular flexibility index (Phi) is 6.07. The molecule has 2 N–H and O–H groups in total. The summed E-state index contributed by atoms with van der Waals surface area (Å²) in [4.78, 5) is 11.9. The minimum absolute atomic E-state index is 0.0201. The molecule has 0 aromatic heterocycles. The number of hydrogen-bond donors (Lipinski definition) is 2. The van der Waals surface area contributed by atoms with E-state index < -0.39 is 17.8 Å². The van der Waals surface area contributed by atoms with E-state index in [0.29, 0.717) is 4.47 Å². The van der Waals surface area contributed by atoms with Crippen LogP contribution < -0.4 is 10.6 Å². The summed E-state index contributed by atoms with van der Waals surface area (Å²) in [5.74, 6) is -0.256. The molecular weight excluding hydrogens is 349 g/mol. The van der Waals surface area contributed by atoms with Gasteiger partial charge in [0.25, 0.3) is 0 Å². The second kappa shape index (κ2) is 7.15. The molecule has 3 nitrogen and oxygen atoms in total. The van der Waals surface area contributed by atoms with Crippen molar-refractivity contribution in [2.75, 3.05) is 5.32 Å². The fourth-order valence-corrected chi connectivity index (χ4v) is 1.94. The van der Waals surface area contributed by atoms with Crippen LogP contribution in [0.2, 0.25) is 0 Å². The van der Waals surface area contributed by atoms with Crippen molar-refractivity contribution in [3.05, 3.63) is 28.2 Å². The fourth-order valence-electron chi connectivity index (χ4n) is 1.58. The van der Waals surface area contributed by atoms with E-state index in [4.69, 9.17) is 0 Å². The van der Waals surface area contributed by atoms with E-state index in [9.17, 15) is 18.0 Å². The zero-order chi connectivity index (χ0) is 16.2. The number of hydrogen-bond acceptors (Lipinski definition) is 2. The Bertz CT molecular complexity index is 505. The number of carbonyl (C=O) groups is 1. The molecule has 21 heavy (non-hydrogen) atoms. The molecule has 1 aromatic carbocycles. The van der Waals surface area contributed by atoms with Crippen molar-refractivity contribution in [3.8, 4) is 0 Å². The van der Waals surface area contributed by atoms with Gasteiger partial charge in [0, 0.05) is 16.2 Å². The van der Waals surface area contributed by atoms with Crippen molar-refractivity contribution in [2.24, 2.45) is 0 Å². The van der Waals surface area contributed by atoms with E-state index >= 15 is 0 Å². The number of benzene rings is 1. The number of anilines is 1. The minimum Gasteiger partial charge on any atom is -0.373 e. The normalized spacial score (nSPS) is 14.4. The molecule has 1 amide bonds. The maximum absolute atomic E-state index is 12.7. The average molecular weight is 367 g/mol. The van der Waals surface area contributed by atoms with E-state index in [2.05, 4.69) is 26.6 Å². The molecule has 0 aliphatic heterocycles. The van der Waals surface area contributed by atoms with Crippen LogP contribution in [-0.4, -0.2) is 18.0 Å². The summed E-state index contributed by atoms with van der Waals surface area (Å²) in [7, 11) is 0. The third-order valence-electron chi connectivity index (χ3n) is 3.06. The van der Waals surface area contributed by atoms with Gasteiger partial charge in [0.05, 0.1) is 5.56 Å². The van der Waals surface area contributed by atoms with Crippen molar-refractivity contribution in [1.29, 1.82) is 0 Å². The highest BCUT2D eigenvalue weighted by molar-refractivity contribution is 9.10. The Morgan fingerprint density at radius 1 is 1.33 bits per heavy atom. The molecule has 1 rings (SSSR count). The largest absolute Gasteiger partial charge is 0.416 e. The van der Waals surface area contributed by atoms with Gasteiger partial charge in [-0.15, -0.1) is 0 Å². The Morgan fingerprint density at radius 2 is 1.95 bits per heavy atom. The number of nitrogens with one attached hydrogen (secondary N) is 2. The van der Waals surface area contributed by atoms with Crippen molar-refractivity contribution in [3.63, 3.8) is 0 Å². The van der Waals surface area contributed by atoms with Crippen LogP contribution in [0.25, 0.3) is 0 Å². The smallest absolute Gasteiger partial charge is 0.373 e. The lowest BCUT2D eigenvalue weighted by atomic mass is 10.1. The predicted molar refractivity (Wildman–Crippen MR) is 80.1 cm³/mol. The molecule has 0 saturated heterocycles. The van der Waals surface area contributed by atoms with Crippen LogP contribution in [-0.2, 0) is 11.0 Å². The molecule has 0 saturated carbocycles. The average Bonchev–Trinajstić information content (AvgIpc) is 2.39. The second-order valence-corrected chi connectivity index (χ2v) is 5.73. The summed E-state index contributed by atoms with van der Waals surface area (Å²) < 4.78 is 38.5. The van der Waals surface area contributed by atoms with Crippen LogP contribution >= 0.6 is 15.9 Å². The van der Waals surface area contributed by atoms with Gasteiger partial charge in [0.15, 0.2) is 0 Å². The van der Waals surface area contributed by atoms with Crippen molar-refractivity contribution >= 4 is 27.5 Å². The molecule has 0 spiro atoms. The first kappa shape index (κ1) is 17.8. The van der Waals surface area contributed by atoms with Gasteiger partial charge < -0.3 is 10.6 Å². The Morgan fingerprint density at radius 3 is 2.48 bits per heavy atom. The number of rotatable bonds is 5. The highest BCUT2D eigenvalue weighted by Gasteiger charge is 2.31. The molecule has 2 unspecified atom stereocenters. The maximum atomic E-state index is 12.7. The van der Waals surface area contributed by atoms with Gasteiger partial charge in [-0.3, -0.25) is 4.79 Å². The molecule has 0 heterocycles. The van der Waals surface area contributed by atoms with Gasteiger partial charge in [-0.25, -0.2) is 0 Å². The Hall–Kier alpha value is -1.24. The zero-order valence-corrected chi connectivity index (χ0v) is 13.6. The van der Waals surface area contributed by atoms with Crippen molar-refractivity contribution in [2.45, 2.75) is 45.5 Å². The lowest BCUT2D eigenvalue weighted by Crippen LogP contribution is -2.41. The quantitative estimate of drug-likeness (QED) is 0.820. The number of halogens is 4. The molecule has 0 aliphatic carbocycles. The first-order valence-corrected chi connectivity index (χ1v) is 7.38. The zero-order valence-electron chi connectivity index (χ0n) is 12.0.